The molecule has 0 aromatic carbocycles. The summed E-state index contributed by atoms with van der Waals surface area (Å²) in [5, 5.41) is 25.3. The molecule has 0 aromatic heterocycles. The van der Waals surface area contributed by atoms with Crippen molar-refractivity contribution >= 4 is 29.5 Å². The molecule has 34 heavy (non-hydrogen) atoms. The minimum Gasteiger partial charge on any atom is -0.543 e. The zero-order chi connectivity index (χ0) is 24.8. The first-order valence-corrected chi connectivity index (χ1v) is 12.9. The molecule has 2 N–H and O–H groups in total. The first kappa shape index (κ1) is 25.4. The van der Waals surface area contributed by atoms with E-state index in [9.17, 15) is 24.6 Å². The molecule has 0 unspecified atom stereocenters. The molecule has 10 nitrogen and oxygen atoms in total. The Hall–Kier alpha value is -1.66. The number of carbonyl (C=O) groups excluding carboxylic acids is 3. The zero-order valence-electron chi connectivity index (χ0n) is 20.4. The average Bonchev–Trinajstić information content (AvgIpc) is 3.34. The number of ether oxygens (including phenoxy) is 1. The monoisotopic (exact) mass is 496 g/mol. The van der Waals surface area contributed by atoms with E-state index < -0.39 is 18.0 Å². The Morgan fingerprint density at radius 3 is 2.62 bits per heavy atom. The molecule has 3 fully saturated rings. The summed E-state index contributed by atoms with van der Waals surface area (Å²) >= 11 is 1.43. The number of likely N-dealkylation sites (N-methyl/N-ethyl adjacent to an activating group) is 1. The fourth-order valence-corrected chi connectivity index (χ4v) is 7.23. The second-order valence-electron chi connectivity index (χ2n) is 10.3. The summed E-state index contributed by atoms with van der Waals surface area (Å²) in [5.74, 6) is -2.42. The maximum absolute atomic E-state index is 13.1. The minimum absolute atomic E-state index is 0.0205. The molecular formula is C23H36N4O6S. The van der Waals surface area contributed by atoms with Crippen molar-refractivity contribution in [3.8, 4) is 0 Å². The molecule has 0 saturated carbocycles. The third kappa shape index (κ3) is 4.48. The lowest BCUT2D eigenvalue weighted by Gasteiger charge is -2.47. The number of quaternary nitrogens is 1. The first-order valence-electron chi connectivity index (χ1n) is 12.1. The Morgan fingerprint density at radius 1 is 1.35 bits per heavy atom. The number of rotatable bonds is 8. The SMILES string of the molecule is COCC[N+]1(C)CCN(C(=O)[C@@H]2C[C@H](SC3=C(C(=O)[O-])N4C(=O)[C@H]([C@@H](C)O)[C@H]4[C@H]3C)CN2)CC1. The van der Waals surface area contributed by atoms with E-state index in [4.69, 9.17) is 4.74 Å². The number of hydrogen-bond acceptors (Lipinski definition) is 8. The number of hydrogen-bond donors (Lipinski definition) is 2. The smallest absolute Gasteiger partial charge is 0.240 e. The summed E-state index contributed by atoms with van der Waals surface area (Å²) in [6, 6.07) is -0.644. The topological polar surface area (TPSA) is 122 Å². The number of carboxylic acid groups (broad SMARTS) is 1. The molecule has 4 aliphatic rings. The van der Waals surface area contributed by atoms with Gasteiger partial charge in [-0.3, -0.25) is 9.59 Å². The Bertz CT molecular complexity index is 872. The van der Waals surface area contributed by atoms with Crippen LogP contribution in [0.1, 0.15) is 20.3 Å². The molecule has 4 rings (SSSR count). The number of carboxylic acids is 1. The van der Waals surface area contributed by atoms with Crippen molar-refractivity contribution in [2.24, 2.45) is 11.8 Å². The summed E-state index contributed by atoms with van der Waals surface area (Å²) in [7, 11) is 3.90. The van der Waals surface area contributed by atoms with Crippen molar-refractivity contribution in [2.75, 3.05) is 60.0 Å². The van der Waals surface area contributed by atoms with Crippen molar-refractivity contribution in [3.63, 3.8) is 0 Å². The van der Waals surface area contributed by atoms with E-state index in [1.165, 1.54) is 16.7 Å². The number of nitrogens with zero attached hydrogens (tertiary/aromatic N) is 3. The van der Waals surface area contributed by atoms with Crippen LogP contribution in [0.15, 0.2) is 10.6 Å². The van der Waals surface area contributed by atoms with Crippen LogP contribution in [0.3, 0.4) is 0 Å². The summed E-state index contributed by atoms with van der Waals surface area (Å²) < 4.78 is 6.11. The van der Waals surface area contributed by atoms with Crippen molar-refractivity contribution in [2.45, 2.75) is 43.7 Å². The van der Waals surface area contributed by atoms with E-state index in [1.807, 2.05) is 11.8 Å². The molecule has 4 heterocycles. The highest BCUT2D eigenvalue weighted by Gasteiger charge is 2.59. The average molecular weight is 497 g/mol. The van der Waals surface area contributed by atoms with Gasteiger partial charge in [0.2, 0.25) is 11.8 Å². The quantitative estimate of drug-likeness (QED) is 0.298. The third-order valence-electron chi connectivity index (χ3n) is 7.95. The number of amides is 2. The standard InChI is InChI=1S/C23H36N4O6S/c1-13-18-17(14(2)28)22(30)26(18)19(23(31)32)20(13)34-15-11-16(24-12-15)21(29)25-5-7-27(3,8-6-25)9-10-33-4/h13-18,24,28H,5-12H2,1-4H3/t13-,14-,15+,16+,17-,18-/m1/s1. The van der Waals surface area contributed by atoms with E-state index in [2.05, 4.69) is 12.4 Å². The van der Waals surface area contributed by atoms with Gasteiger partial charge in [-0.2, -0.15) is 0 Å². The number of piperazine rings is 1. The molecule has 3 saturated heterocycles. The fraction of sp³-hybridized carbons (Fsp3) is 0.783. The van der Waals surface area contributed by atoms with Gasteiger partial charge in [0.1, 0.15) is 6.54 Å². The van der Waals surface area contributed by atoms with Gasteiger partial charge in [-0.25, -0.2) is 0 Å². The maximum atomic E-state index is 13.1. The zero-order valence-corrected chi connectivity index (χ0v) is 21.2. The fourth-order valence-electron chi connectivity index (χ4n) is 5.75. The van der Waals surface area contributed by atoms with Crippen LogP contribution >= 0.6 is 11.8 Å². The van der Waals surface area contributed by atoms with Gasteiger partial charge in [-0.1, -0.05) is 6.92 Å². The van der Waals surface area contributed by atoms with Gasteiger partial charge in [0.25, 0.3) is 0 Å². The summed E-state index contributed by atoms with van der Waals surface area (Å²) in [6.07, 6.45) is -0.233. The van der Waals surface area contributed by atoms with Crippen LogP contribution < -0.4 is 10.4 Å². The lowest BCUT2D eigenvalue weighted by Crippen LogP contribution is -2.64. The van der Waals surface area contributed by atoms with Gasteiger partial charge in [0.15, 0.2) is 0 Å². The number of aliphatic hydroxyl groups excluding tert-OH is 1. The number of aliphatic carboxylic acids is 1. The van der Waals surface area contributed by atoms with Gasteiger partial charge in [-0.05, 0) is 13.3 Å². The third-order valence-corrected chi connectivity index (χ3v) is 9.46. The Balaban J connectivity index is 1.37. The summed E-state index contributed by atoms with van der Waals surface area (Å²) in [6.45, 7) is 8.91. The number of thioether (sulfide) groups is 1. The summed E-state index contributed by atoms with van der Waals surface area (Å²) in [5.41, 5.74) is -0.0664. The van der Waals surface area contributed by atoms with E-state index in [0.717, 1.165) is 24.1 Å². The van der Waals surface area contributed by atoms with E-state index in [1.54, 1.807) is 14.0 Å². The molecule has 0 aromatic rings. The Morgan fingerprint density at radius 2 is 2.03 bits per heavy atom. The number of nitrogens with one attached hydrogen (secondary N) is 1. The van der Waals surface area contributed by atoms with Crippen LogP contribution in [0.2, 0.25) is 0 Å². The van der Waals surface area contributed by atoms with E-state index in [0.29, 0.717) is 37.6 Å². The van der Waals surface area contributed by atoms with Crippen LogP contribution in [0.25, 0.3) is 0 Å². The second kappa shape index (κ2) is 9.77. The lowest BCUT2D eigenvalue weighted by molar-refractivity contribution is -0.913. The number of aliphatic hydroxyl groups is 1. The molecule has 190 valence electrons. The Kier molecular flexibility index (Phi) is 7.31. The van der Waals surface area contributed by atoms with Crippen molar-refractivity contribution in [1.29, 1.82) is 0 Å². The Labute approximate surface area is 204 Å². The highest BCUT2D eigenvalue weighted by molar-refractivity contribution is 8.03. The second-order valence-corrected chi connectivity index (χ2v) is 11.6. The summed E-state index contributed by atoms with van der Waals surface area (Å²) in [4.78, 5) is 41.4. The van der Waals surface area contributed by atoms with Gasteiger partial charge in [0, 0.05) is 29.7 Å². The molecule has 2 amide bonds. The molecular weight excluding hydrogens is 460 g/mol. The van der Waals surface area contributed by atoms with E-state index >= 15 is 0 Å². The maximum Gasteiger partial charge on any atom is 0.240 e. The number of β-lactam (4-membered cyclic amide) rings is 1. The predicted molar refractivity (Wildman–Crippen MR) is 124 cm³/mol. The van der Waals surface area contributed by atoms with Crippen molar-refractivity contribution in [3.05, 3.63) is 10.6 Å². The largest absolute Gasteiger partial charge is 0.543 e. The molecule has 11 heteroatoms. The van der Waals surface area contributed by atoms with Crippen LogP contribution in [-0.2, 0) is 19.1 Å². The minimum atomic E-state index is -1.37. The molecule has 0 spiro atoms. The number of methoxy groups -OCH3 is 1. The first-order chi connectivity index (χ1) is 16.1. The van der Waals surface area contributed by atoms with Crippen LogP contribution in [0, 0.1) is 11.8 Å². The highest BCUT2D eigenvalue weighted by Crippen LogP contribution is 2.51. The number of carbonyl (C=O) groups is 3. The van der Waals surface area contributed by atoms with Gasteiger partial charge < -0.3 is 39.3 Å². The van der Waals surface area contributed by atoms with Crippen molar-refractivity contribution < 1.29 is 33.8 Å². The lowest BCUT2D eigenvalue weighted by atomic mass is 9.79. The van der Waals surface area contributed by atoms with Gasteiger partial charge in [0.05, 0.1) is 75.6 Å². The van der Waals surface area contributed by atoms with Crippen LogP contribution in [-0.4, -0.2) is 121 Å². The molecule has 4 aliphatic heterocycles. The molecule has 0 bridgehead atoms. The van der Waals surface area contributed by atoms with Gasteiger partial charge >= 0.3 is 0 Å². The highest BCUT2D eigenvalue weighted by atomic mass is 32.2. The van der Waals surface area contributed by atoms with Crippen LogP contribution in [0.4, 0.5) is 0 Å². The van der Waals surface area contributed by atoms with E-state index in [-0.39, 0.29) is 40.8 Å². The van der Waals surface area contributed by atoms with Crippen LogP contribution in [0.5, 0.6) is 0 Å². The molecule has 0 radical (unpaired) electrons. The predicted octanol–water partition coefficient (Wildman–Crippen LogP) is -1.80. The molecule has 0 aliphatic carbocycles. The normalized spacial score (nSPS) is 33.7. The van der Waals surface area contributed by atoms with Gasteiger partial charge in [-0.15, -0.1) is 11.8 Å². The van der Waals surface area contributed by atoms with Crippen molar-refractivity contribution in [1.82, 2.24) is 15.1 Å². The molecule has 6 atom stereocenters. The number of fused-ring (bicyclic) bond motifs is 1.